The van der Waals surface area contributed by atoms with Crippen molar-refractivity contribution in [3.63, 3.8) is 0 Å². The summed E-state index contributed by atoms with van der Waals surface area (Å²) >= 11 is 0. The number of benzene rings is 3. The van der Waals surface area contributed by atoms with E-state index in [1.165, 1.54) is 0 Å². The number of esters is 1. The van der Waals surface area contributed by atoms with E-state index in [9.17, 15) is 4.79 Å². The lowest BCUT2D eigenvalue weighted by Crippen LogP contribution is -2.44. The van der Waals surface area contributed by atoms with Gasteiger partial charge in [0.25, 0.3) is 0 Å². The van der Waals surface area contributed by atoms with Gasteiger partial charge >= 0.3 is 5.97 Å². The number of hydrogen-bond donors (Lipinski definition) is 0. The van der Waals surface area contributed by atoms with Crippen LogP contribution in [0.4, 0.5) is 5.69 Å². The molecule has 2 heterocycles. The molecule has 2 aliphatic heterocycles. The second kappa shape index (κ2) is 10.2. The third-order valence-electron chi connectivity index (χ3n) is 7.28. The Morgan fingerprint density at radius 1 is 0.972 bits per heavy atom. The van der Waals surface area contributed by atoms with Crippen LogP contribution in [0.2, 0.25) is 0 Å². The summed E-state index contributed by atoms with van der Waals surface area (Å²) in [5, 5.41) is 0. The molecule has 6 heteroatoms. The van der Waals surface area contributed by atoms with Crippen molar-refractivity contribution in [1.29, 1.82) is 0 Å². The molecule has 188 valence electrons. The molecule has 0 aromatic heterocycles. The number of nitrogens with zero attached hydrogens (tertiary/aromatic N) is 2. The third kappa shape index (κ3) is 5.05. The summed E-state index contributed by atoms with van der Waals surface area (Å²) < 4.78 is 19.2. The van der Waals surface area contributed by atoms with Gasteiger partial charge in [0.05, 0.1) is 32.4 Å². The van der Waals surface area contributed by atoms with E-state index < -0.39 is 5.92 Å². The van der Waals surface area contributed by atoms with Crippen LogP contribution in [0.5, 0.6) is 17.2 Å². The fraction of sp³-hybridized carbons (Fsp3) is 0.367. The minimum Gasteiger partial charge on any atom is -0.491 e. The van der Waals surface area contributed by atoms with E-state index >= 15 is 0 Å². The fourth-order valence-electron chi connectivity index (χ4n) is 5.40. The zero-order chi connectivity index (χ0) is 25.1. The van der Waals surface area contributed by atoms with Crippen LogP contribution in [-0.4, -0.2) is 63.9 Å². The zero-order valence-electron chi connectivity index (χ0n) is 21.4. The maximum absolute atomic E-state index is 13.5. The van der Waals surface area contributed by atoms with Crippen LogP contribution in [-0.2, 0) is 9.53 Å². The Morgan fingerprint density at radius 2 is 1.61 bits per heavy atom. The summed E-state index contributed by atoms with van der Waals surface area (Å²) in [6.45, 7) is 3.47. The van der Waals surface area contributed by atoms with Gasteiger partial charge in [0.2, 0.25) is 0 Å². The first-order valence-electron chi connectivity index (χ1n) is 12.7. The molecule has 0 saturated carbocycles. The maximum Gasteiger partial charge on any atom is 0.318 e. The topological polar surface area (TPSA) is 48.0 Å². The molecule has 0 aliphatic carbocycles. The Hall–Kier alpha value is -3.51. The van der Waals surface area contributed by atoms with Crippen LogP contribution >= 0.6 is 0 Å². The Labute approximate surface area is 213 Å². The largest absolute Gasteiger partial charge is 0.491 e. The standard InChI is InChI=1S/C30H35N2O4/c1-31(2)25-13-6-9-16-28(25)34-20-10-18-32(3)19-17-22(21-32)35-30(33)29-23-11-4-7-14-26(23)36-27-15-8-5-12-24(27)29/h4-9,11-16,22,29H,10,17-21H2,1-3H3/q+1. The van der Waals surface area contributed by atoms with Gasteiger partial charge in [0.1, 0.15) is 29.7 Å². The van der Waals surface area contributed by atoms with E-state index in [1.54, 1.807) is 0 Å². The first-order chi connectivity index (χ1) is 17.4. The van der Waals surface area contributed by atoms with E-state index in [0.717, 1.165) is 71.0 Å². The molecule has 6 nitrogen and oxygen atoms in total. The minimum absolute atomic E-state index is 0.0833. The number of likely N-dealkylation sites (tertiary alicyclic amines) is 1. The molecule has 36 heavy (non-hydrogen) atoms. The Bertz CT molecular complexity index is 1180. The van der Waals surface area contributed by atoms with Gasteiger partial charge in [-0.2, -0.15) is 0 Å². The monoisotopic (exact) mass is 487 g/mol. The average molecular weight is 488 g/mol. The highest BCUT2D eigenvalue weighted by Crippen LogP contribution is 2.44. The number of anilines is 1. The second-order valence-electron chi connectivity index (χ2n) is 10.3. The van der Waals surface area contributed by atoms with Gasteiger partial charge in [-0.15, -0.1) is 0 Å². The van der Waals surface area contributed by atoms with Crippen molar-refractivity contribution in [3.8, 4) is 17.2 Å². The van der Waals surface area contributed by atoms with Crippen LogP contribution in [0.15, 0.2) is 72.8 Å². The lowest BCUT2D eigenvalue weighted by atomic mass is 9.88. The van der Waals surface area contributed by atoms with Crippen molar-refractivity contribution < 1.29 is 23.5 Å². The molecule has 1 fully saturated rings. The van der Waals surface area contributed by atoms with Crippen LogP contribution in [0.3, 0.4) is 0 Å². The molecule has 0 bridgehead atoms. The average Bonchev–Trinajstić information content (AvgIpc) is 3.25. The summed E-state index contributed by atoms with van der Waals surface area (Å²) in [6.07, 6.45) is 1.73. The predicted molar refractivity (Wildman–Crippen MR) is 141 cm³/mol. The third-order valence-corrected chi connectivity index (χ3v) is 7.28. The normalized spacial score (nSPS) is 20.7. The van der Waals surface area contributed by atoms with Crippen molar-refractivity contribution >= 4 is 11.7 Å². The lowest BCUT2D eigenvalue weighted by Gasteiger charge is -2.30. The maximum atomic E-state index is 13.5. The van der Waals surface area contributed by atoms with Gasteiger partial charge in [0.15, 0.2) is 6.10 Å². The first kappa shape index (κ1) is 24.2. The van der Waals surface area contributed by atoms with Gasteiger partial charge in [-0.05, 0) is 24.3 Å². The summed E-state index contributed by atoms with van der Waals surface area (Å²) in [7, 11) is 6.30. The number of rotatable bonds is 8. The number of carbonyl (C=O) groups is 1. The van der Waals surface area contributed by atoms with Gasteiger partial charge in [-0.1, -0.05) is 48.5 Å². The molecule has 0 radical (unpaired) electrons. The number of quaternary nitrogens is 1. The number of likely N-dealkylation sites (N-methyl/N-ethyl adjacent to an activating group) is 1. The number of hydrogen-bond acceptors (Lipinski definition) is 5. The molecule has 0 amide bonds. The Balaban J connectivity index is 1.18. The predicted octanol–water partition coefficient (Wildman–Crippen LogP) is 5.22. The van der Waals surface area contributed by atoms with Gasteiger partial charge in [0, 0.05) is 38.1 Å². The minimum atomic E-state index is -0.462. The second-order valence-corrected chi connectivity index (χ2v) is 10.3. The molecular formula is C30H35N2O4+. The van der Waals surface area contributed by atoms with Crippen molar-refractivity contribution in [2.24, 2.45) is 0 Å². The number of fused-ring (bicyclic) bond motifs is 2. The van der Waals surface area contributed by atoms with Gasteiger partial charge in [-0.3, -0.25) is 4.79 Å². The Morgan fingerprint density at radius 3 is 2.31 bits per heavy atom. The summed E-state index contributed by atoms with van der Waals surface area (Å²) in [6, 6.07) is 23.6. The van der Waals surface area contributed by atoms with E-state index in [2.05, 4.69) is 18.0 Å². The van der Waals surface area contributed by atoms with Crippen LogP contribution < -0.4 is 14.4 Å². The molecule has 2 atom stereocenters. The molecule has 2 unspecified atom stereocenters. The molecule has 2 aliphatic rings. The van der Waals surface area contributed by atoms with Crippen LogP contribution in [0.25, 0.3) is 0 Å². The van der Waals surface area contributed by atoms with Crippen molar-refractivity contribution in [2.45, 2.75) is 24.9 Å². The molecule has 5 rings (SSSR count). The quantitative estimate of drug-likeness (QED) is 0.248. The molecule has 1 saturated heterocycles. The number of carbonyl (C=O) groups excluding carboxylic acids is 1. The smallest absolute Gasteiger partial charge is 0.318 e. The highest BCUT2D eigenvalue weighted by molar-refractivity contribution is 5.85. The molecule has 3 aromatic rings. The SMILES string of the molecule is CN(C)c1ccccc1OCCC[N+]1(C)CCC(OC(=O)C2c3ccccc3Oc3ccccc32)C1. The van der Waals surface area contributed by atoms with Crippen molar-refractivity contribution in [3.05, 3.63) is 83.9 Å². The van der Waals surface area contributed by atoms with Crippen molar-refractivity contribution in [1.82, 2.24) is 0 Å². The summed E-state index contributed by atoms with van der Waals surface area (Å²) in [4.78, 5) is 15.6. The van der Waals surface area contributed by atoms with Crippen LogP contribution in [0.1, 0.15) is 29.9 Å². The lowest BCUT2D eigenvalue weighted by molar-refractivity contribution is -0.899. The van der Waals surface area contributed by atoms with Gasteiger partial charge < -0.3 is 23.6 Å². The van der Waals surface area contributed by atoms with Crippen molar-refractivity contribution in [2.75, 3.05) is 52.3 Å². The van der Waals surface area contributed by atoms with Gasteiger partial charge in [-0.25, -0.2) is 0 Å². The fourth-order valence-corrected chi connectivity index (χ4v) is 5.40. The van der Waals surface area contributed by atoms with E-state index in [1.807, 2.05) is 80.8 Å². The highest BCUT2D eigenvalue weighted by Gasteiger charge is 2.40. The molecule has 3 aromatic carbocycles. The highest BCUT2D eigenvalue weighted by atomic mass is 16.5. The van der Waals surface area contributed by atoms with E-state index in [0.29, 0.717) is 6.61 Å². The molecule has 0 N–H and O–H groups in total. The van der Waals surface area contributed by atoms with Crippen LogP contribution in [0, 0.1) is 0 Å². The summed E-state index contributed by atoms with van der Waals surface area (Å²) in [5.41, 5.74) is 2.82. The van der Waals surface area contributed by atoms with E-state index in [4.69, 9.17) is 14.2 Å². The molecule has 0 spiro atoms. The summed E-state index contributed by atoms with van der Waals surface area (Å²) in [5.74, 6) is 1.70. The first-order valence-corrected chi connectivity index (χ1v) is 12.7. The van der Waals surface area contributed by atoms with E-state index in [-0.39, 0.29) is 12.1 Å². The molecular weight excluding hydrogens is 452 g/mol. The Kier molecular flexibility index (Phi) is 6.88. The number of ether oxygens (including phenoxy) is 3. The number of para-hydroxylation sites is 4. The zero-order valence-corrected chi connectivity index (χ0v) is 21.4.